The van der Waals surface area contributed by atoms with Gasteiger partial charge in [-0.25, -0.2) is 4.98 Å². The number of nitrogens with zero attached hydrogens (tertiary/aromatic N) is 1. The zero-order chi connectivity index (χ0) is 12.3. The molecular weight excluding hydrogens is 258 g/mol. The van der Waals surface area contributed by atoms with E-state index >= 15 is 0 Å². The lowest BCUT2D eigenvalue weighted by molar-refractivity contribution is -0.137. The molecule has 0 aliphatic rings. The van der Waals surface area contributed by atoms with Crippen LogP contribution in [-0.4, -0.2) is 28.0 Å². The summed E-state index contributed by atoms with van der Waals surface area (Å²) in [4.78, 5) is 15.3. The topological polar surface area (TPSA) is 56.3 Å². The molecule has 0 N–H and O–H groups in total. The fraction of sp³-hybridized carbons (Fsp3) is 0.273. The Morgan fingerprint density at radius 3 is 2.94 bits per heavy atom. The van der Waals surface area contributed by atoms with Gasteiger partial charge in [0.2, 0.25) is 0 Å². The maximum absolute atomic E-state index is 11.6. The van der Waals surface area contributed by atoms with E-state index in [0.717, 1.165) is 15.2 Å². The number of para-hydroxylation sites is 1. The molecule has 0 bridgehead atoms. The SMILES string of the molecule is COC(=O)C[S@](=O)Cc1nc2ccccc2s1. The molecule has 2 rings (SSSR count). The van der Waals surface area contributed by atoms with Gasteiger partial charge in [-0.1, -0.05) is 12.1 Å². The zero-order valence-corrected chi connectivity index (χ0v) is 10.8. The van der Waals surface area contributed by atoms with Gasteiger partial charge in [0, 0.05) is 10.8 Å². The fourth-order valence-electron chi connectivity index (χ4n) is 1.36. The minimum atomic E-state index is -1.25. The maximum atomic E-state index is 11.6. The zero-order valence-electron chi connectivity index (χ0n) is 9.21. The van der Waals surface area contributed by atoms with E-state index in [1.165, 1.54) is 18.4 Å². The summed E-state index contributed by atoms with van der Waals surface area (Å²) in [6.07, 6.45) is 0. The summed E-state index contributed by atoms with van der Waals surface area (Å²) in [5.41, 5.74) is 0.905. The van der Waals surface area contributed by atoms with E-state index in [9.17, 15) is 9.00 Å². The highest BCUT2D eigenvalue weighted by molar-refractivity contribution is 7.85. The van der Waals surface area contributed by atoms with E-state index in [1.807, 2.05) is 24.3 Å². The fourth-order valence-corrected chi connectivity index (χ4v) is 3.58. The molecule has 0 fully saturated rings. The van der Waals surface area contributed by atoms with Crippen LogP contribution in [0.1, 0.15) is 5.01 Å². The van der Waals surface area contributed by atoms with E-state index in [2.05, 4.69) is 9.72 Å². The van der Waals surface area contributed by atoms with Crippen LogP contribution in [0, 0.1) is 0 Å². The van der Waals surface area contributed by atoms with Crippen molar-refractivity contribution in [3.8, 4) is 0 Å². The predicted molar refractivity (Wildman–Crippen MR) is 68.3 cm³/mol. The minimum absolute atomic E-state index is 0.0770. The van der Waals surface area contributed by atoms with Gasteiger partial charge in [-0.3, -0.25) is 9.00 Å². The van der Waals surface area contributed by atoms with Crippen molar-refractivity contribution in [2.75, 3.05) is 12.9 Å². The first-order chi connectivity index (χ1) is 8.19. The van der Waals surface area contributed by atoms with Gasteiger partial charge < -0.3 is 4.74 Å². The quantitative estimate of drug-likeness (QED) is 0.793. The van der Waals surface area contributed by atoms with E-state index in [0.29, 0.717) is 5.75 Å². The average Bonchev–Trinajstić information content (AvgIpc) is 2.70. The molecule has 6 heteroatoms. The summed E-state index contributed by atoms with van der Waals surface area (Å²) in [6, 6.07) is 7.74. The van der Waals surface area contributed by atoms with Crippen LogP contribution >= 0.6 is 11.3 Å². The highest BCUT2D eigenvalue weighted by atomic mass is 32.2. The van der Waals surface area contributed by atoms with Crippen molar-refractivity contribution < 1.29 is 13.7 Å². The molecule has 1 heterocycles. The van der Waals surface area contributed by atoms with Gasteiger partial charge in [0.15, 0.2) is 0 Å². The number of thiazole rings is 1. The normalized spacial score (nSPS) is 12.5. The van der Waals surface area contributed by atoms with Crippen LogP contribution < -0.4 is 0 Å². The summed E-state index contributed by atoms with van der Waals surface area (Å²) in [5, 5.41) is 0.786. The molecule has 1 atom stereocenters. The number of carbonyl (C=O) groups excluding carboxylic acids is 1. The van der Waals surface area contributed by atoms with Crippen molar-refractivity contribution in [1.29, 1.82) is 0 Å². The van der Waals surface area contributed by atoms with Gasteiger partial charge >= 0.3 is 5.97 Å². The van der Waals surface area contributed by atoms with Crippen molar-refractivity contribution in [2.24, 2.45) is 0 Å². The smallest absolute Gasteiger partial charge is 0.318 e. The van der Waals surface area contributed by atoms with Crippen molar-refractivity contribution in [3.63, 3.8) is 0 Å². The second-order valence-electron chi connectivity index (χ2n) is 3.38. The molecule has 2 aromatic rings. The third-order valence-electron chi connectivity index (χ3n) is 2.13. The molecule has 0 spiro atoms. The van der Waals surface area contributed by atoms with Gasteiger partial charge in [0.25, 0.3) is 0 Å². The third kappa shape index (κ3) is 3.10. The van der Waals surface area contributed by atoms with E-state index in [4.69, 9.17) is 0 Å². The number of esters is 1. The molecule has 4 nitrogen and oxygen atoms in total. The Bertz CT molecular complexity index is 532. The Kier molecular flexibility index (Phi) is 3.86. The number of hydrogen-bond donors (Lipinski definition) is 0. The first-order valence-corrected chi connectivity index (χ1v) is 7.25. The predicted octanol–water partition coefficient (Wildman–Crippen LogP) is 1.72. The number of fused-ring (bicyclic) bond motifs is 1. The molecule has 0 aliphatic carbocycles. The average molecular weight is 269 g/mol. The Balaban J connectivity index is 2.08. The molecular formula is C11H11NO3S2. The Labute approximate surface area is 105 Å². The highest BCUT2D eigenvalue weighted by Gasteiger charge is 2.11. The first-order valence-electron chi connectivity index (χ1n) is 4.95. The van der Waals surface area contributed by atoms with Crippen LogP contribution in [0.3, 0.4) is 0 Å². The van der Waals surface area contributed by atoms with Crippen molar-refractivity contribution in [2.45, 2.75) is 5.75 Å². The lowest BCUT2D eigenvalue weighted by Gasteiger charge is -1.97. The molecule has 90 valence electrons. The van der Waals surface area contributed by atoms with Crippen LogP contribution in [0.4, 0.5) is 0 Å². The van der Waals surface area contributed by atoms with Crippen LogP contribution in [-0.2, 0) is 26.1 Å². The minimum Gasteiger partial charge on any atom is -0.468 e. The van der Waals surface area contributed by atoms with Crippen LogP contribution in [0.2, 0.25) is 0 Å². The number of aromatic nitrogens is 1. The van der Waals surface area contributed by atoms with E-state index < -0.39 is 16.8 Å². The number of rotatable bonds is 4. The lowest BCUT2D eigenvalue weighted by Crippen LogP contribution is -2.13. The Hall–Kier alpha value is -1.27. The third-order valence-corrected chi connectivity index (χ3v) is 4.50. The Morgan fingerprint density at radius 1 is 1.47 bits per heavy atom. The number of carbonyl (C=O) groups is 1. The molecule has 17 heavy (non-hydrogen) atoms. The van der Waals surface area contributed by atoms with Crippen LogP contribution in [0.15, 0.2) is 24.3 Å². The monoisotopic (exact) mass is 269 g/mol. The molecule has 0 saturated heterocycles. The van der Waals surface area contributed by atoms with Crippen LogP contribution in [0.25, 0.3) is 10.2 Å². The van der Waals surface area contributed by atoms with Gasteiger partial charge in [0.1, 0.15) is 10.8 Å². The number of methoxy groups -OCH3 is 1. The molecule has 0 amide bonds. The van der Waals surface area contributed by atoms with E-state index in [-0.39, 0.29) is 5.75 Å². The highest BCUT2D eigenvalue weighted by Crippen LogP contribution is 2.22. The number of benzene rings is 1. The molecule has 0 aliphatic heterocycles. The van der Waals surface area contributed by atoms with Crippen molar-refractivity contribution in [3.05, 3.63) is 29.3 Å². The van der Waals surface area contributed by atoms with Gasteiger partial charge in [0.05, 0.1) is 23.1 Å². The summed E-state index contributed by atoms with van der Waals surface area (Å²) < 4.78 is 17.2. The maximum Gasteiger partial charge on any atom is 0.318 e. The lowest BCUT2D eigenvalue weighted by atomic mass is 10.3. The second kappa shape index (κ2) is 5.37. The van der Waals surface area contributed by atoms with Crippen molar-refractivity contribution >= 4 is 38.3 Å². The number of ether oxygens (including phenoxy) is 1. The summed E-state index contributed by atoms with van der Waals surface area (Å²) >= 11 is 1.50. The van der Waals surface area contributed by atoms with E-state index in [1.54, 1.807) is 0 Å². The van der Waals surface area contributed by atoms with Gasteiger partial charge in [-0.2, -0.15) is 0 Å². The van der Waals surface area contributed by atoms with Gasteiger partial charge in [-0.15, -0.1) is 11.3 Å². The molecule has 0 unspecified atom stereocenters. The first kappa shape index (κ1) is 12.2. The van der Waals surface area contributed by atoms with Gasteiger partial charge in [-0.05, 0) is 12.1 Å². The van der Waals surface area contributed by atoms with Crippen molar-refractivity contribution in [1.82, 2.24) is 4.98 Å². The van der Waals surface area contributed by atoms with Crippen LogP contribution in [0.5, 0.6) is 0 Å². The summed E-state index contributed by atoms with van der Waals surface area (Å²) in [5.74, 6) is -0.231. The molecule has 0 saturated carbocycles. The largest absolute Gasteiger partial charge is 0.468 e. The Morgan fingerprint density at radius 2 is 2.24 bits per heavy atom. The number of hydrogen-bond acceptors (Lipinski definition) is 5. The summed E-state index contributed by atoms with van der Waals surface area (Å²) in [7, 11) is 0.0346. The molecule has 0 radical (unpaired) electrons. The molecule has 1 aromatic carbocycles. The summed E-state index contributed by atoms with van der Waals surface area (Å²) in [6.45, 7) is 0. The molecule has 1 aromatic heterocycles. The standard InChI is InChI=1S/C11H11NO3S2/c1-15-11(13)7-17(14)6-10-12-8-4-2-3-5-9(8)16-10/h2-5H,6-7H2,1H3/t17-/m1/s1. The second-order valence-corrected chi connectivity index (χ2v) is 5.95.